The molecule has 0 saturated carbocycles. The zero-order chi connectivity index (χ0) is 14.7. The predicted octanol–water partition coefficient (Wildman–Crippen LogP) is 1.78. The van der Waals surface area contributed by atoms with E-state index in [4.69, 9.17) is 9.15 Å². The van der Waals surface area contributed by atoms with Gasteiger partial charge in [0, 0.05) is 25.8 Å². The second-order valence-corrected chi connectivity index (χ2v) is 5.31. The normalized spacial score (nSPS) is 18.0. The lowest BCUT2D eigenvalue weighted by molar-refractivity contribution is -0.145. The minimum Gasteiger partial charge on any atom is -0.469 e. The monoisotopic (exact) mass is 289 g/mol. The van der Waals surface area contributed by atoms with Crippen LogP contribution in [0.15, 0.2) is 22.8 Å². The van der Waals surface area contributed by atoms with Crippen molar-refractivity contribution in [2.75, 3.05) is 7.11 Å². The Bertz CT molecular complexity index is 604. The van der Waals surface area contributed by atoms with Gasteiger partial charge in [-0.05, 0) is 25.0 Å². The SMILES string of the molecule is COC(=O)C1CCc2nnc(CCc3ccco3)n2CC1. The van der Waals surface area contributed by atoms with Crippen LogP contribution in [0.1, 0.15) is 30.3 Å². The number of ether oxygens (including phenoxy) is 1. The predicted molar refractivity (Wildman–Crippen MR) is 74.6 cm³/mol. The van der Waals surface area contributed by atoms with Crippen molar-refractivity contribution in [3.63, 3.8) is 0 Å². The molecule has 112 valence electrons. The number of fused-ring (bicyclic) bond motifs is 1. The quantitative estimate of drug-likeness (QED) is 0.802. The van der Waals surface area contributed by atoms with Crippen molar-refractivity contribution in [3.05, 3.63) is 35.8 Å². The lowest BCUT2D eigenvalue weighted by Crippen LogP contribution is -2.17. The fourth-order valence-electron chi connectivity index (χ4n) is 2.83. The molecule has 1 unspecified atom stereocenters. The summed E-state index contributed by atoms with van der Waals surface area (Å²) in [5.41, 5.74) is 0. The molecule has 6 heteroatoms. The molecule has 6 nitrogen and oxygen atoms in total. The van der Waals surface area contributed by atoms with E-state index in [0.29, 0.717) is 0 Å². The molecule has 2 aromatic heterocycles. The molecule has 1 aliphatic heterocycles. The summed E-state index contributed by atoms with van der Waals surface area (Å²) >= 11 is 0. The van der Waals surface area contributed by atoms with Gasteiger partial charge < -0.3 is 13.7 Å². The molecule has 0 spiro atoms. The number of esters is 1. The van der Waals surface area contributed by atoms with Crippen molar-refractivity contribution < 1.29 is 13.9 Å². The molecule has 0 fully saturated rings. The maximum Gasteiger partial charge on any atom is 0.308 e. The molecule has 21 heavy (non-hydrogen) atoms. The zero-order valence-corrected chi connectivity index (χ0v) is 12.1. The maximum atomic E-state index is 11.7. The highest BCUT2D eigenvalue weighted by Crippen LogP contribution is 2.21. The Morgan fingerprint density at radius 1 is 1.43 bits per heavy atom. The van der Waals surface area contributed by atoms with Crippen LogP contribution < -0.4 is 0 Å². The fourth-order valence-corrected chi connectivity index (χ4v) is 2.83. The summed E-state index contributed by atoms with van der Waals surface area (Å²) in [5, 5.41) is 8.55. The van der Waals surface area contributed by atoms with E-state index in [9.17, 15) is 4.79 Å². The molecule has 2 aromatic rings. The number of carbonyl (C=O) groups excluding carboxylic acids is 1. The van der Waals surface area contributed by atoms with Crippen molar-refractivity contribution in [3.8, 4) is 0 Å². The van der Waals surface area contributed by atoms with Crippen LogP contribution in [0.4, 0.5) is 0 Å². The van der Waals surface area contributed by atoms with Crippen LogP contribution in [0.5, 0.6) is 0 Å². The maximum absolute atomic E-state index is 11.7. The summed E-state index contributed by atoms with van der Waals surface area (Å²) in [6, 6.07) is 3.85. The molecule has 3 rings (SSSR count). The zero-order valence-electron chi connectivity index (χ0n) is 12.1. The highest BCUT2D eigenvalue weighted by molar-refractivity contribution is 5.72. The Labute approximate surface area is 123 Å². The lowest BCUT2D eigenvalue weighted by Gasteiger charge is -2.10. The van der Waals surface area contributed by atoms with Crippen LogP contribution >= 0.6 is 0 Å². The second kappa shape index (κ2) is 6.11. The van der Waals surface area contributed by atoms with E-state index in [1.807, 2.05) is 12.1 Å². The Morgan fingerprint density at radius 3 is 3.10 bits per heavy atom. The van der Waals surface area contributed by atoms with Gasteiger partial charge in [-0.15, -0.1) is 10.2 Å². The molecule has 1 aliphatic rings. The molecule has 1 atom stereocenters. The molecular formula is C15H19N3O3. The Hall–Kier alpha value is -2.11. The first-order chi connectivity index (χ1) is 10.3. The number of methoxy groups -OCH3 is 1. The summed E-state index contributed by atoms with van der Waals surface area (Å²) in [7, 11) is 1.45. The van der Waals surface area contributed by atoms with Gasteiger partial charge in [-0.1, -0.05) is 0 Å². The average molecular weight is 289 g/mol. The van der Waals surface area contributed by atoms with Crippen molar-refractivity contribution >= 4 is 5.97 Å². The van der Waals surface area contributed by atoms with Crippen molar-refractivity contribution in [1.29, 1.82) is 0 Å². The van der Waals surface area contributed by atoms with Crippen LogP contribution in [-0.4, -0.2) is 27.8 Å². The number of rotatable bonds is 4. The van der Waals surface area contributed by atoms with E-state index in [-0.39, 0.29) is 11.9 Å². The number of hydrogen-bond donors (Lipinski definition) is 0. The van der Waals surface area contributed by atoms with Crippen LogP contribution in [0, 0.1) is 5.92 Å². The first-order valence-corrected chi connectivity index (χ1v) is 7.29. The largest absolute Gasteiger partial charge is 0.469 e. The van der Waals surface area contributed by atoms with Gasteiger partial charge in [-0.25, -0.2) is 0 Å². The van der Waals surface area contributed by atoms with Gasteiger partial charge in [0.05, 0.1) is 19.3 Å². The molecule has 0 saturated heterocycles. The van der Waals surface area contributed by atoms with E-state index in [1.165, 1.54) is 7.11 Å². The number of hydrogen-bond acceptors (Lipinski definition) is 5. The molecule has 0 amide bonds. The third kappa shape index (κ3) is 2.99. The third-order valence-electron chi connectivity index (χ3n) is 4.03. The van der Waals surface area contributed by atoms with Gasteiger partial charge in [0.1, 0.15) is 17.4 Å². The summed E-state index contributed by atoms with van der Waals surface area (Å²) in [6.07, 6.45) is 5.62. The first kappa shape index (κ1) is 13.9. The summed E-state index contributed by atoms with van der Waals surface area (Å²) in [4.78, 5) is 11.7. The molecular weight excluding hydrogens is 270 g/mol. The van der Waals surface area contributed by atoms with E-state index in [0.717, 1.165) is 56.1 Å². The van der Waals surface area contributed by atoms with Gasteiger partial charge in [-0.2, -0.15) is 0 Å². The molecule has 0 bridgehead atoms. The minimum absolute atomic E-state index is 0.0328. The van der Waals surface area contributed by atoms with Gasteiger partial charge >= 0.3 is 5.97 Å². The van der Waals surface area contributed by atoms with Crippen molar-refractivity contribution in [2.24, 2.45) is 5.92 Å². The van der Waals surface area contributed by atoms with Crippen molar-refractivity contribution in [1.82, 2.24) is 14.8 Å². The average Bonchev–Trinajstić information content (AvgIpc) is 3.10. The number of nitrogens with zero attached hydrogens (tertiary/aromatic N) is 3. The van der Waals surface area contributed by atoms with Gasteiger partial charge in [0.2, 0.25) is 0 Å². The minimum atomic E-state index is -0.120. The standard InChI is InChI=1S/C15H19N3O3/c1-20-15(19)11-4-6-13-16-17-14(18(13)9-8-11)7-5-12-3-2-10-21-12/h2-3,10-11H,4-9H2,1H3. The number of carbonyl (C=O) groups is 1. The highest BCUT2D eigenvalue weighted by atomic mass is 16.5. The molecule has 0 N–H and O–H groups in total. The van der Waals surface area contributed by atoms with Gasteiger partial charge in [-0.3, -0.25) is 4.79 Å². The molecule has 0 aromatic carbocycles. The molecule has 3 heterocycles. The topological polar surface area (TPSA) is 70.2 Å². The van der Waals surface area contributed by atoms with Crippen LogP contribution in [0.3, 0.4) is 0 Å². The van der Waals surface area contributed by atoms with Gasteiger partial charge in [0.25, 0.3) is 0 Å². The molecule has 0 aliphatic carbocycles. The Morgan fingerprint density at radius 2 is 2.33 bits per heavy atom. The van der Waals surface area contributed by atoms with Crippen LogP contribution in [-0.2, 0) is 35.3 Å². The van der Waals surface area contributed by atoms with E-state index in [2.05, 4.69) is 14.8 Å². The number of furan rings is 1. The first-order valence-electron chi connectivity index (χ1n) is 7.29. The second-order valence-electron chi connectivity index (χ2n) is 5.31. The van der Waals surface area contributed by atoms with E-state index >= 15 is 0 Å². The van der Waals surface area contributed by atoms with Crippen LogP contribution in [0.2, 0.25) is 0 Å². The summed E-state index contributed by atoms with van der Waals surface area (Å²) in [5.74, 6) is 2.73. The fraction of sp³-hybridized carbons (Fsp3) is 0.533. The Kier molecular flexibility index (Phi) is 4.03. The summed E-state index contributed by atoms with van der Waals surface area (Å²) < 4.78 is 12.3. The van der Waals surface area contributed by atoms with Crippen molar-refractivity contribution in [2.45, 2.75) is 38.6 Å². The van der Waals surface area contributed by atoms with E-state index < -0.39 is 0 Å². The van der Waals surface area contributed by atoms with E-state index in [1.54, 1.807) is 6.26 Å². The Balaban J connectivity index is 1.67. The highest BCUT2D eigenvalue weighted by Gasteiger charge is 2.25. The number of aryl methyl sites for hydroxylation is 3. The van der Waals surface area contributed by atoms with Gasteiger partial charge in [0.15, 0.2) is 0 Å². The number of aromatic nitrogens is 3. The molecule has 0 radical (unpaired) electrons. The lowest BCUT2D eigenvalue weighted by atomic mass is 10.0. The third-order valence-corrected chi connectivity index (χ3v) is 4.03. The summed E-state index contributed by atoms with van der Waals surface area (Å²) in [6.45, 7) is 0.773. The van der Waals surface area contributed by atoms with Crippen LogP contribution in [0.25, 0.3) is 0 Å². The smallest absolute Gasteiger partial charge is 0.308 e.